The highest BCUT2D eigenvalue weighted by Crippen LogP contribution is 2.59. The van der Waals surface area contributed by atoms with E-state index in [4.69, 9.17) is 9.47 Å². The quantitative estimate of drug-likeness (QED) is 0.582. The van der Waals surface area contributed by atoms with Crippen molar-refractivity contribution in [1.29, 1.82) is 0 Å². The third-order valence-electron chi connectivity index (χ3n) is 7.28. The summed E-state index contributed by atoms with van der Waals surface area (Å²) < 4.78 is 10.9. The molecule has 4 aliphatic rings. The monoisotopic (exact) mass is 464 g/mol. The van der Waals surface area contributed by atoms with Crippen LogP contribution in [0.5, 0.6) is 0 Å². The van der Waals surface area contributed by atoms with E-state index in [1.165, 1.54) is 16.0 Å². The zero-order valence-electron chi connectivity index (χ0n) is 19.1. The summed E-state index contributed by atoms with van der Waals surface area (Å²) in [6, 6.07) is 16.3. The molecule has 3 fully saturated rings. The number of alkyl carbamates (subject to hydrolysis) is 1. The second kappa shape index (κ2) is 8.43. The van der Waals surface area contributed by atoms with Crippen LogP contribution in [0.2, 0.25) is 0 Å². The minimum Gasteiger partial charge on any atom is -0.479 e. The number of hydrogen-bond acceptors (Lipinski definition) is 5. The van der Waals surface area contributed by atoms with Crippen LogP contribution in [-0.4, -0.2) is 66.4 Å². The zero-order valence-corrected chi connectivity index (χ0v) is 19.1. The van der Waals surface area contributed by atoms with Gasteiger partial charge in [-0.25, -0.2) is 9.59 Å². The average Bonchev–Trinajstić information content (AvgIpc) is 3.41. The van der Waals surface area contributed by atoms with Gasteiger partial charge in [-0.3, -0.25) is 4.79 Å². The second-order valence-corrected chi connectivity index (χ2v) is 9.79. The van der Waals surface area contributed by atoms with Crippen molar-refractivity contribution in [3.8, 4) is 11.1 Å². The van der Waals surface area contributed by atoms with E-state index >= 15 is 0 Å². The van der Waals surface area contributed by atoms with Crippen molar-refractivity contribution in [3.63, 3.8) is 0 Å². The zero-order chi connectivity index (χ0) is 23.9. The van der Waals surface area contributed by atoms with Crippen molar-refractivity contribution in [1.82, 2.24) is 10.2 Å². The van der Waals surface area contributed by atoms with E-state index in [1.807, 2.05) is 31.2 Å². The van der Waals surface area contributed by atoms with Gasteiger partial charge >= 0.3 is 12.1 Å². The highest BCUT2D eigenvalue weighted by Gasteiger charge is 2.68. The molecule has 2 N–H and O–H groups in total. The van der Waals surface area contributed by atoms with Crippen LogP contribution < -0.4 is 5.32 Å². The minimum absolute atomic E-state index is 0.0119. The van der Waals surface area contributed by atoms with E-state index in [0.717, 1.165) is 11.1 Å². The molecule has 1 saturated carbocycles. The topological polar surface area (TPSA) is 105 Å². The molecule has 0 spiro atoms. The van der Waals surface area contributed by atoms with Gasteiger partial charge in [-0.2, -0.15) is 0 Å². The number of rotatable bonds is 8. The van der Waals surface area contributed by atoms with E-state index < -0.39 is 17.6 Å². The second-order valence-electron chi connectivity index (χ2n) is 9.79. The number of ether oxygens (including phenoxy) is 2. The Hall–Kier alpha value is -3.39. The van der Waals surface area contributed by atoms with E-state index in [2.05, 4.69) is 29.6 Å². The lowest BCUT2D eigenvalue weighted by atomic mass is 9.63. The lowest BCUT2D eigenvalue weighted by Gasteiger charge is -2.42. The predicted molar refractivity (Wildman–Crippen MR) is 123 cm³/mol. The maximum Gasteiger partial charge on any atom is 0.407 e. The van der Waals surface area contributed by atoms with Crippen LogP contribution in [0.3, 0.4) is 0 Å². The summed E-state index contributed by atoms with van der Waals surface area (Å²) in [5.74, 6) is -1.29. The van der Waals surface area contributed by atoms with Crippen LogP contribution in [0, 0.1) is 5.41 Å². The van der Waals surface area contributed by atoms with E-state index in [1.54, 1.807) is 0 Å². The number of hydrogen-bond donors (Lipinski definition) is 2. The van der Waals surface area contributed by atoms with Crippen LogP contribution in [0.4, 0.5) is 4.79 Å². The van der Waals surface area contributed by atoms with Crippen molar-refractivity contribution in [2.75, 3.05) is 32.9 Å². The molecule has 0 aromatic heterocycles. The Morgan fingerprint density at radius 1 is 1.06 bits per heavy atom. The van der Waals surface area contributed by atoms with Gasteiger partial charge in [0, 0.05) is 19.0 Å². The molecule has 2 amide bonds. The van der Waals surface area contributed by atoms with Gasteiger partial charge in [-0.15, -0.1) is 0 Å². The molecule has 34 heavy (non-hydrogen) atoms. The summed E-state index contributed by atoms with van der Waals surface area (Å²) in [5.41, 5.74) is 3.44. The van der Waals surface area contributed by atoms with Gasteiger partial charge in [0.25, 0.3) is 0 Å². The summed E-state index contributed by atoms with van der Waals surface area (Å²) in [6.07, 6.45) is 0.435. The van der Waals surface area contributed by atoms with Crippen LogP contribution >= 0.6 is 0 Å². The van der Waals surface area contributed by atoms with Crippen LogP contribution in [0.1, 0.15) is 36.8 Å². The van der Waals surface area contributed by atoms with Crippen molar-refractivity contribution >= 4 is 18.0 Å². The highest BCUT2D eigenvalue weighted by molar-refractivity contribution is 5.90. The van der Waals surface area contributed by atoms with Crippen molar-refractivity contribution < 1.29 is 29.0 Å². The normalized spacial score (nSPS) is 24.2. The first-order valence-corrected chi connectivity index (χ1v) is 11.5. The van der Waals surface area contributed by atoms with Gasteiger partial charge < -0.3 is 24.8 Å². The number of benzene rings is 2. The number of nitrogens with zero attached hydrogens (tertiary/aromatic N) is 1. The summed E-state index contributed by atoms with van der Waals surface area (Å²) >= 11 is 0. The number of nitrogens with one attached hydrogen (secondary N) is 1. The summed E-state index contributed by atoms with van der Waals surface area (Å²) in [7, 11) is 0. The van der Waals surface area contributed by atoms with E-state index in [0.29, 0.717) is 19.4 Å². The number of fused-ring (bicyclic) bond motifs is 4. The number of amides is 2. The lowest BCUT2D eigenvalue weighted by molar-refractivity contribution is -0.161. The minimum atomic E-state index is -1.07. The molecule has 8 heteroatoms. The molecule has 0 radical (unpaired) electrons. The molecule has 2 aliphatic carbocycles. The molecule has 2 aromatic carbocycles. The van der Waals surface area contributed by atoms with Crippen molar-refractivity contribution in [3.05, 3.63) is 59.7 Å². The molecule has 2 bridgehead atoms. The van der Waals surface area contributed by atoms with E-state index in [9.17, 15) is 19.5 Å². The molecule has 2 aromatic rings. The van der Waals surface area contributed by atoms with Crippen LogP contribution in [-0.2, 0) is 19.1 Å². The number of carboxylic acid groups (broad SMARTS) is 1. The Morgan fingerprint density at radius 3 is 2.29 bits per heavy atom. The van der Waals surface area contributed by atoms with E-state index in [-0.39, 0.29) is 43.6 Å². The smallest absolute Gasteiger partial charge is 0.407 e. The maximum atomic E-state index is 12.5. The van der Waals surface area contributed by atoms with Crippen molar-refractivity contribution in [2.24, 2.45) is 5.41 Å². The number of carboxylic acids is 1. The molecule has 2 saturated heterocycles. The van der Waals surface area contributed by atoms with Gasteiger partial charge in [-0.1, -0.05) is 55.5 Å². The molecule has 6 rings (SSSR count). The van der Waals surface area contributed by atoms with Gasteiger partial charge in [0.2, 0.25) is 5.91 Å². The number of aliphatic carboxylic acids is 1. The third kappa shape index (κ3) is 3.72. The van der Waals surface area contributed by atoms with Crippen molar-refractivity contribution in [2.45, 2.75) is 31.2 Å². The lowest BCUT2D eigenvalue weighted by Crippen LogP contribution is -2.56. The largest absolute Gasteiger partial charge is 0.479 e. The summed E-state index contributed by atoms with van der Waals surface area (Å²) in [4.78, 5) is 37.8. The molecular formula is C26H28N2O6. The Kier molecular flexibility index (Phi) is 5.56. The molecule has 2 heterocycles. The predicted octanol–water partition coefficient (Wildman–Crippen LogP) is 3.01. The molecule has 0 atom stereocenters. The highest BCUT2D eigenvalue weighted by atomic mass is 16.5. The Morgan fingerprint density at radius 2 is 1.68 bits per heavy atom. The first-order chi connectivity index (χ1) is 16.3. The maximum absolute atomic E-state index is 12.5. The Balaban J connectivity index is 1.05. The fourth-order valence-electron chi connectivity index (χ4n) is 5.90. The van der Waals surface area contributed by atoms with Gasteiger partial charge in [-0.05, 0) is 40.5 Å². The molecule has 8 nitrogen and oxygen atoms in total. The SMILES string of the molecule is CC12CN(C(=O)COCCNC(=O)OCC3c4ccccc4-c4ccccc43)C(C(=O)O)(C1)C2. The van der Waals surface area contributed by atoms with Gasteiger partial charge in [0.1, 0.15) is 18.8 Å². The summed E-state index contributed by atoms with van der Waals surface area (Å²) in [6.45, 7) is 2.77. The number of carbonyl (C=O) groups is 3. The van der Waals surface area contributed by atoms with Gasteiger partial charge in [0.15, 0.2) is 0 Å². The summed E-state index contributed by atoms with van der Waals surface area (Å²) in [5, 5.41) is 12.2. The first-order valence-electron chi connectivity index (χ1n) is 11.5. The molecule has 0 unspecified atom stereocenters. The first kappa shape index (κ1) is 22.4. The Labute approximate surface area is 197 Å². The standard InChI is InChI=1S/C26H28N2O6/c1-25-14-26(15-25,23(30)31)28(16-25)22(29)13-33-11-10-27-24(32)34-12-21-19-8-4-2-6-17(19)18-7-3-5-9-20(18)21/h2-9,21H,10-16H2,1H3,(H,27,32)(H,30,31). The molecule has 178 valence electrons. The molecule has 2 aliphatic heterocycles. The molecular weight excluding hydrogens is 436 g/mol. The van der Waals surface area contributed by atoms with Crippen LogP contribution in [0.15, 0.2) is 48.5 Å². The van der Waals surface area contributed by atoms with Gasteiger partial charge in [0.05, 0.1) is 6.61 Å². The fraction of sp³-hybridized carbons (Fsp3) is 0.423. The average molecular weight is 465 g/mol. The third-order valence-corrected chi connectivity index (χ3v) is 7.28. The Bertz CT molecular complexity index is 1090. The van der Waals surface area contributed by atoms with Crippen LogP contribution in [0.25, 0.3) is 11.1 Å². The fourth-order valence-corrected chi connectivity index (χ4v) is 5.90. The number of carbonyl (C=O) groups excluding carboxylic acids is 2.